The highest BCUT2D eigenvalue weighted by Crippen LogP contribution is 2.48. The first kappa shape index (κ1) is 17.9. The van der Waals surface area contributed by atoms with Gasteiger partial charge >= 0.3 is 0 Å². The van der Waals surface area contributed by atoms with Gasteiger partial charge in [-0.15, -0.1) is 0 Å². The van der Waals surface area contributed by atoms with Gasteiger partial charge in [-0.25, -0.2) is 0 Å². The molecule has 0 aromatic heterocycles. The third-order valence-corrected chi connectivity index (χ3v) is 6.24. The maximum atomic E-state index is 13.3. The Balaban J connectivity index is 1.55. The normalized spacial score (nSPS) is 28.3. The Morgan fingerprint density at radius 1 is 0.759 bits per heavy atom. The van der Waals surface area contributed by atoms with Crippen LogP contribution in [0.25, 0.3) is 0 Å². The second kappa shape index (κ2) is 6.99. The number of benzene rings is 2. The van der Waals surface area contributed by atoms with Crippen LogP contribution in [0.15, 0.2) is 72.8 Å². The Hall–Kier alpha value is -3.21. The van der Waals surface area contributed by atoms with Crippen molar-refractivity contribution in [2.75, 3.05) is 0 Å². The van der Waals surface area contributed by atoms with E-state index in [1.54, 1.807) is 0 Å². The molecular weight excluding hydrogens is 364 g/mol. The van der Waals surface area contributed by atoms with Gasteiger partial charge in [-0.3, -0.25) is 19.8 Å². The summed E-state index contributed by atoms with van der Waals surface area (Å²) in [4.78, 5) is 39.0. The molecule has 2 aromatic carbocycles. The van der Waals surface area contributed by atoms with E-state index in [1.165, 1.54) is 0 Å². The van der Waals surface area contributed by atoms with Gasteiger partial charge in [0.05, 0.1) is 11.8 Å². The zero-order chi connectivity index (χ0) is 20.0. The molecular formula is C24H22N2O3. The fourth-order valence-electron chi connectivity index (χ4n) is 4.59. The molecule has 1 heterocycles. The SMILES string of the molecule is O=C(NN1C(=O)C2C(c3ccccc3)C=CC(c3ccccc3)C2C1=O)C1CC1. The van der Waals surface area contributed by atoms with Crippen molar-refractivity contribution in [2.45, 2.75) is 24.7 Å². The van der Waals surface area contributed by atoms with E-state index in [0.717, 1.165) is 29.0 Å². The molecule has 5 rings (SSSR count). The zero-order valence-corrected chi connectivity index (χ0v) is 15.9. The lowest BCUT2D eigenvalue weighted by molar-refractivity contribution is -0.149. The molecule has 1 saturated carbocycles. The van der Waals surface area contributed by atoms with Gasteiger partial charge in [0.25, 0.3) is 11.8 Å². The highest BCUT2D eigenvalue weighted by molar-refractivity contribution is 6.07. The predicted octanol–water partition coefficient (Wildman–Crippen LogP) is 3.17. The van der Waals surface area contributed by atoms with Gasteiger partial charge in [0, 0.05) is 17.8 Å². The van der Waals surface area contributed by atoms with E-state index in [9.17, 15) is 14.4 Å². The van der Waals surface area contributed by atoms with Crippen LogP contribution in [0.2, 0.25) is 0 Å². The standard InChI is InChI=1S/C24H22N2O3/c27-22(17-11-12-17)25-26-23(28)20-18(15-7-3-1-4-8-15)13-14-19(21(20)24(26)29)16-9-5-2-6-10-16/h1-10,13-14,17-21H,11-12H2,(H,25,27). The molecule has 4 atom stereocenters. The molecule has 2 aliphatic carbocycles. The van der Waals surface area contributed by atoms with E-state index in [-0.39, 0.29) is 35.5 Å². The highest BCUT2D eigenvalue weighted by Gasteiger charge is 2.56. The molecule has 2 fully saturated rings. The minimum atomic E-state index is -0.528. The Labute approximate surface area is 169 Å². The van der Waals surface area contributed by atoms with Crippen LogP contribution in [0, 0.1) is 17.8 Å². The van der Waals surface area contributed by atoms with Crippen LogP contribution < -0.4 is 5.43 Å². The summed E-state index contributed by atoms with van der Waals surface area (Å²) in [5.74, 6) is -2.38. The lowest BCUT2D eigenvalue weighted by Gasteiger charge is -2.32. The first-order valence-corrected chi connectivity index (χ1v) is 10.1. The summed E-state index contributed by atoms with van der Waals surface area (Å²) in [6, 6.07) is 19.6. The molecule has 5 nitrogen and oxygen atoms in total. The third-order valence-electron chi connectivity index (χ3n) is 6.24. The van der Waals surface area contributed by atoms with Crippen molar-refractivity contribution >= 4 is 17.7 Å². The second-order valence-corrected chi connectivity index (χ2v) is 8.07. The molecule has 4 unspecified atom stereocenters. The fraction of sp³-hybridized carbons (Fsp3) is 0.292. The summed E-state index contributed by atoms with van der Waals surface area (Å²) in [6.45, 7) is 0. The average Bonchev–Trinajstić information content (AvgIpc) is 3.59. The summed E-state index contributed by atoms with van der Waals surface area (Å²) < 4.78 is 0. The van der Waals surface area contributed by atoms with Crippen LogP contribution in [-0.2, 0) is 14.4 Å². The number of rotatable bonds is 4. The number of imide groups is 1. The number of nitrogens with one attached hydrogen (secondary N) is 1. The van der Waals surface area contributed by atoms with Crippen molar-refractivity contribution in [3.63, 3.8) is 0 Å². The number of hydrazine groups is 1. The van der Waals surface area contributed by atoms with Gasteiger partial charge in [-0.1, -0.05) is 72.8 Å². The minimum Gasteiger partial charge on any atom is -0.273 e. The van der Waals surface area contributed by atoms with E-state index in [4.69, 9.17) is 0 Å². The van der Waals surface area contributed by atoms with E-state index in [1.807, 2.05) is 72.8 Å². The number of carbonyl (C=O) groups excluding carboxylic acids is 3. The summed E-state index contributed by atoms with van der Waals surface area (Å²) in [5.41, 5.74) is 4.61. The van der Waals surface area contributed by atoms with Crippen molar-refractivity contribution in [2.24, 2.45) is 17.8 Å². The Morgan fingerprint density at radius 2 is 1.21 bits per heavy atom. The maximum absolute atomic E-state index is 13.3. The topological polar surface area (TPSA) is 66.5 Å². The van der Waals surface area contributed by atoms with Gasteiger partial charge < -0.3 is 0 Å². The first-order valence-electron chi connectivity index (χ1n) is 10.1. The number of nitrogens with zero attached hydrogens (tertiary/aromatic N) is 1. The monoisotopic (exact) mass is 386 g/mol. The predicted molar refractivity (Wildman–Crippen MR) is 107 cm³/mol. The molecule has 5 heteroatoms. The number of allylic oxidation sites excluding steroid dienone is 2. The van der Waals surface area contributed by atoms with E-state index in [0.29, 0.717) is 0 Å². The summed E-state index contributed by atoms with van der Waals surface area (Å²) in [7, 11) is 0. The molecule has 1 saturated heterocycles. The molecule has 0 bridgehead atoms. The molecule has 146 valence electrons. The summed E-state index contributed by atoms with van der Waals surface area (Å²) >= 11 is 0. The number of amides is 3. The number of hydrogen-bond acceptors (Lipinski definition) is 3. The Bertz CT molecular complexity index is 914. The molecule has 0 radical (unpaired) electrons. The van der Waals surface area contributed by atoms with Crippen LogP contribution in [0.5, 0.6) is 0 Å². The van der Waals surface area contributed by atoms with Crippen LogP contribution in [0.3, 0.4) is 0 Å². The first-order chi connectivity index (χ1) is 14.1. The van der Waals surface area contributed by atoms with Crippen molar-refractivity contribution < 1.29 is 14.4 Å². The quantitative estimate of drug-likeness (QED) is 0.648. The van der Waals surface area contributed by atoms with E-state index in [2.05, 4.69) is 5.43 Å². The van der Waals surface area contributed by atoms with Gasteiger partial charge in [0.2, 0.25) is 5.91 Å². The molecule has 3 amide bonds. The van der Waals surface area contributed by atoms with Crippen molar-refractivity contribution in [3.05, 3.63) is 83.9 Å². The molecule has 1 aliphatic heterocycles. The fourth-order valence-corrected chi connectivity index (χ4v) is 4.59. The van der Waals surface area contributed by atoms with Gasteiger partial charge in [-0.2, -0.15) is 5.01 Å². The third kappa shape index (κ3) is 3.07. The van der Waals surface area contributed by atoms with Crippen molar-refractivity contribution in [1.29, 1.82) is 0 Å². The van der Waals surface area contributed by atoms with Crippen molar-refractivity contribution in [1.82, 2.24) is 10.4 Å². The lowest BCUT2D eigenvalue weighted by atomic mass is 9.68. The largest absolute Gasteiger partial charge is 0.273 e. The van der Waals surface area contributed by atoms with Gasteiger partial charge in [0.1, 0.15) is 0 Å². The smallest absolute Gasteiger partial charge is 0.253 e. The van der Waals surface area contributed by atoms with Crippen LogP contribution in [0.4, 0.5) is 0 Å². The molecule has 2 aromatic rings. The molecule has 0 spiro atoms. The molecule has 3 aliphatic rings. The zero-order valence-electron chi connectivity index (χ0n) is 15.9. The van der Waals surface area contributed by atoms with Crippen LogP contribution >= 0.6 is 0 Å². The lowest BCUT2D eigenvalue weighted by Crippen LogP contribution is -2.47. The number of carbonyl (C=O) groups is 3. The van der Waals surface area contributed by atoms with Crippen LogP contribution in [0.1, 0.15) is 35.8 Å². The average molecular weight is 386 g/mol. The van der Waals surface area contributed by atoms with E-state index < -0.39 is 11.8 Å². The van der Waals surface area contributed by atoms with Gasteiger partial charge in [-0.05, 0) is 24.0 Å². The maximum Gasteiger partial charge on any atom is 0.253 e. The second-order valence-electron chi connectivity index (χ2n) is 8.07. The number of hydrogen-bond donors (Lipinski definition) is 1. The Morgan fingerprint density at radius 3 is 1.62 bits per heavy atom. The molecule has 29 heavy (non-hydrogen) atoms. The molecule has 1 N–H and O–H groups in total. The minimum absolute atomic E-state index is 0.0776. The van der Waals surface area contributed by atoms with Crippen molar-refractivity contribution in [3.8, 4) is 0 Å². The highest BCUT2D eigenvalue weighted by atomic mass is 16.2. The van der Waals surface area contributed by atoms with Crippen LogP contribution in [-0.4, -0.2) is 22.7 Å². The van der Waals surface area contributed by atoms with E-state index >= 15 is 0 Å². The summed E-state index contributed by atoms with van der Waals surface area (Å²) in [6.07, 6.45) is 5.72. The number of fused-ring (bicyclic) bond motifs is 1. The summed E-state index contributed by atoms with van der Waals surface area (Å²) in [5, 5.41) is 0.995. The van der Waals surface area contributed by atoms with Gasteiger partial charge in [0.15, 0.2) is 0 Å². The Kier molecular flexibility index (Phi) is 4.31.